The number of halogens is 1. The van der Waals surface area contributed by atoms with Crippen molar-refractivity contribution in [2.45, 2.75) is 6.54 Å². The number of nitrogens with zero attached hydrogens (tertiary/aromatic N) is 2. The van der Waals surface area contributed by atoms with Crippen LogP contribution in [-0.4, -0.2) is 24.1 Å². The fourth-order valence-corrected chi connectivity index (χ4v) is 2.76. The topological polar surface area (TPSA) is 78.8 Å². The summed E-state index contributed by atoms with van der Waals surface area (Å²) >= 11 is 2.13. The zero-order chi connectivity index (χ0) is 17.8. The molecule has 126 valence electrons. The van der Waals surface area contributed by atoms with Crippen LogP contribution in [0.5, 0.6) is 0 Å². The van der Waals surface area contributed by atoms with Crippen LogP contribution in [0.2, 0.25) is 0 Å². The number of hydrogen-bond donors (Lipinski definition) is 1. The predicted molar refractivity (Wildman–Crippen MR) is 102 cm³/mol. The number of benzene rings is 2. The molecule has 0 radical (unpaired) electrons. The van der Waals surface area contributed by atoms with Gasteiger partial charge in [-0.25, -0.2) is 9.69 Å². The van der Waals surface area contributed by atoms with Crippen molar-refractivity contribution >= 4 is 52.3 Å². The van der Waals surface area contributed by atoms with Crippen molar-refractivity contribution in [2.75, 3.05) is 4.90 Å². The fourth-order valence-electron chi connectivity index (χ4n) is 2.40. The summed E-state index contributed by atoms with van der Waals surface area (Å²) in [5, 5.41) is 2.21. The molecule has 7 heteroatoms. The van der Waals surface area contributed by atoms with Gasteiger partial charge in [0, 0.05) is 9.78 Å². The minimum absolute atomic E-state index is 0.357. The van der Waals surface area contributed by atoms with Gasteiger partial charge in [-0.05, 0) is 52.4 Å². The molecule has 0 unspecified atom stereocenters. The number of urea groups is 1. The van der Waals surface area contributed by atoms with E-state index in [0.717, 1.165) is 14.0 Å². The van der Waals surface area contributed by atoms with Gasteiger partial charge in [0.2, 0.25) is 5.91 Å². The van der Waals surface area contributed by atoms with Gasteiger partial charge in [-0.2, -0.15) is 0 Å². The van der Waals surface area contributed by atoms with Crippen molar-refractivity contribution in [3.05, 3.63) is 63.7 Å². The molecule has 1 heterocycles. The molecule has 0 spiro atoms. The molecule has 0 saturated carbocycles. The molecule has 1 atom stereocenters. The quantitative estimate of drug-likeness (QED) is 0.445. The van der Waals surface area contributed by atoms with E-state index in [1.54, 1.807) is 24.3 Å². The van der Waals surface area contributed by atoms with Crippen LogP contribution >= 0.6 is 22.6 Å². The second-order valence-electron chi connectivity index (χ2n) is 5.40. The Hall–Kier alpha value is -2.55. The lowest BCUT2D eigenvalue weighted by Gasteiger charge is -2.28. The number of hydrogen-bond acceptors (Lipinski definition) is 4. The molecule has 1 aliphatic rings. The fraction of sp³-hybridized carbons (Fsp3) is 0.111. The highest BCUT2D eigenvalue weighted by atomic mass is 127. The number of anilines is 1. The van der Waals surface area contributed by atoms with Crippen LogP contribution in [0, 0.1) is 9.49 Å². The molecule has 2 aromatic rings. The molecule has 0 bridgehead atoms. The van der Waals surface area contributed by atoms with E-state index in [4.69, 9.17) is 0 Å². The Bertz CT molecular complexity index is 834. The summed E-state index contributed by atoms with van der Waals surface area (Å²) in [6.07, 6.45) is 1.30. The normalized spacial score (nSPS) is 17.9. The first-order valence-corrected chi connectivity index (χ1v) is 8.62. The van der Waals surface area contributed by atoms with E-state index in [9.17, 15) is 14.4 Å². The third kappa shape index (κ3) is 3.93. The van der Waals surface area contributed by atoms with Crippen molar-refractivity contribution in [2.24, 2.45) is 10.9 Å². The van der Waals surface area contributed by atoms with Gasteiger partial charge in [-0.15, -0.1) is 0 Å². The minimum atomic E-state index is -1.12. The molecule has 0 aromatic heterocycles. The minimum Gasteiger partial charge on any atom is -0.291 e. The van der Waals surface area contributed by atoms with Gasteiger partial charge >= 0.3 is 6.03 Å². The standard InChI is InChI=1S/C18H14IN3O3/c19-13-6-8-14(9-7-13)22-17(24)15(16(23)21-18(22)25)11-20-10-12-4-2-1-3-5-12/h1-9,11,15H,10H2,(H,21,23,25)/t15-/m0/s1. The summed E-state index contributed by atoms with van der Waals surface area (Å²) in [4.78, 5) is 41.9. The lowest BCUT2D eigenvalue weighted by Crippen LogP contribution is -2.58. The maximum absolute atomic E-state index is 12.6. The molecule has 3 rings (SSSR count). The van der Waals surface area contributed by atoms with Crippen LogP contribution in [0.3, 0.4) is 0 Å². The first-order valence-electron chi connectivity index (χ1n) is 7.54. The first kappa shape index (κ1) is 17.3. The maximum atomic E-state index is 12.6. The molecule has 1 fully saturated rings. The Morgan fingerprint density at radius 2 is 1.72 bits per heavy atom. The lowest BCUT2D eigenvalue weighted by molar-refractivity contribution is -0.131. The van der Waals surface area contributed by atoms with Crippen molar-refractivity contribution in [1.82, 2.24) is 5.32 Å². The van der Waals surface area contributed by atoms with Crippen LogP contribution in [0.1, 0.15) is 5.56 Å². The van der Waals surface area contributed by atoms with E-state index in [1.807, 2.05) is 30.3 Å². The third-order valence-electron chi connectivity index (χ3n) is 3.66. The number of rotatable bonds is 4. The molecule has 0 aliphatic carbocycles. The summed E-state index contributed by atoms with van der Waals surface area (Å²) in [6.45, 7) is 0.357. The molecular weight excluding hydrogens is 433 g/mol. The first-order chi connectivity index (χ1) is 12.1. The zero-order valence-electron chi connectivity index (χ0n) is 13.1. The number of nitrogens with one attached hydrogen (secondary N) is 1. The molecule has 1 aliphatic heterocycles. The second kappa shape index (κ2) is 7.56. The largest absolute Gasteiger partial charge is 0.335 e. The van der Waals surface area contributed by atoms with Crippen LogP contribution in [0.4, 0.5) is 10.5 Å². The van der Waals surface area contributed by atoms with E-state index in [0.29, 0.717) is 12.2 Å². The highest BCUT2D eigenvalue weighted by molar-refractivity contribution is 14.1. The molecule has 1 saturated heterocycles. The van der Waals surface area contributed by atoms with Gasteiger partial charge in [0.15, 0.2) is 5.92 Å². The summed E-state index contributed by atoms with van der Waals surface area (Å²) < 4.78 is 0.975. The van der Waals surface area contributed by atoms with Crippen LogP contribution in [0.25, 0.3) is 0 Å². The van der Waals surface area contributed by atoms with E-state index >= 15 is 0 Å². The van der Waals surface area contributed by atoms with Crippen molar-refractivity contribution in [3.63, 3.8) is 0 Å². The van der Waals surface area contributed by atoms with Crippen LogP contribution in [0.15, 0.2) is 59.6 Å². The number of carbonyl (C=O) groups is 3. The number of aliphatic imine (C=N–C) groups is 1. The monoisotopic (exact) mass is 447 g/mol. The Morgan fingerprint density at radius 3 is 2.40 bits per heavy atom. The lowest BCUT2D eigenvalue weighted by atomic mass is 10.1. The van der Waals surface area contributed by atoms with Crippen molar-refractivity contribution in [3.8, 4) is 0 Å². The third-order valence-corrected chi connectivity index (χ3v) is 4.38. The summed E-state index contributed by atoms with van der Waals surface area (Å²) in [5.41, 5.74) is 1.38. The van der Waals surface area contributed by atoms with Crippen LogP contribution < -0.4 is 10.2 Å². The Kier molecular flexibility index (Phi) is 5.22. The molecule has 25 heavy (non-hydrogen) atoms. The van der Waals surface area contributed by atoms with E-state index in [2.05, 4.69) is 32.9 Å². The van der Waals surface area contributed by atoms with E-state index in [1.165, 1.54) is 6.21 Å². The summed E-state index contributed by atoms with van der Waals surface area (Å²) in [6, 6.07) is 15.6. The molecule has 2 aromatic carbocycles. The maximum Gasteiger partial charge on any atom is 0.335 e. The van der Waals surface area contributed by atoms with Crippen molar-refractivity contribution in [1.29, 1.82) is 0 Å². The highest BCUT2D eigenvalue weighted by Crippen LogP contribution is 2.21. The molecule has 4 amide bonds. The van der Waals surface area contributed by atoms with E-state index < -0.39 is 23.8 Å². The SMILES string of the molecule is O=C1NC(=O)N(c2ccc(I)cc2)C(=O)[C@H]1C=NCc1ccccc1. The average molecular weight is 447 g/mol. The van der Waals surface area contributed by atoms with Gasteiger partial charge in [-0.1, -0.05) is 30.3 Å². The predicted octanol–water partition coefficient (Wildman–Crippen LogP) is 2.76. The average Bonchev–Trinajstić information content (AvgIpc) is 2.60. The van der Waals surface area contributed by atoms with Gasteiger partial charge in [-0.3, -0.25) is 19.9 Å². The Morgan fingerprint density at radius 1 is 1.04 bits per heavy atom. The highest BCUT2D eigenvalue weighted by Gasteiger charge is 2.40. The van der Waals surface area contributed by atoms with Gasteiger partial charge in [0.1, 0.15) is 0 Å². The Balaban J connectivity index is 1.79. The number of carbonyl (C=O) groups excluding carboxylic acids is 3. The zero-order valence-corrected chi connectivity index (χ0v) is 15.2. The van der Waals surface area contributed by atoms with Gasteiger partial charge < -0.3 is 0 Å². The van der Waals surface area contributed by atoms with E-state index in [-0.39, 0.29) is 0 Å². The number of imide groups is 2. The number of amides is 4. The smallest absolute Gasteiger partial charge is 0.291 e. The van der Waals surface area contributed by atoms with Gasteiger partial charge in [0.05, 0.1) is 12.2 Å². The summed E-state index contributed by atoms with van der Waals surface area (Å²) in [5.74, 6) is -2.39. The molecule has 1 N–H and O–H groups in total. The molecular formula is C18H14IN3O3. The Labute approximate surface area is 158 Å². The molecule has 6 nitrogen and oxygen atoms in total. The van der Waals surface area contributed by atoms with Gasteiger partial charge in [0.25, 0.3) is 5.91 Å². The van der Waals surface area contributed by atoms with Crippen molar-refractivity contribution < 1.29 is 14.4 Å². The second-order valence-corrected chi connectivity index (χ2v) is 6.64. The number of barbiturate groups is 1. The summed E-state index contributed by atoms with van der Waals surface area (Å²) in [7, 11) is 0. The van der Waals surface area contributed by atoms with Crippen LogP contribution in [-0.2, 0) is 16.1 Å².